The molecule has 2 aromatic carbocycles. The van der Waals surface area contributed by atoms with Crippen LogP contribution in [0.15, 0.2) is 59.1 Å². The molecule has 22 heavy (non-hydrogen) atoms. The summed E-state index contributed by atoms with van der Waals surface area (Å²) in [6.45, 7) is 1.60. The first kappa shape index (κ1) is 16.0. The summed E-state index contributed by atoms with van der Waals surface area (Å²) in [4.78, 5) is 23.7. The Kier molecular flexibility index (Phi) is 5.55. The molecule has 0 aliphatic rings. The second kappa shape index (κ2) is 7.61. The van der Waals surface area contributed by atoms with Crippen LogP contribution in [0.2, 0.25) is 0 Å². The van der Waals surface area contributed by atoms with Crippen molar-refractivity contribution in [2.75, 3.05) is 0 Å². The Bertz CT molecular complexity index is 661. The Labute approximate surface area is 136 Å². The third-order valence-corrected chi connectivity index (χ3v) is 3.31. The molecule has 1 atom stereocenters. The van der Waals surface area contributed by atoms with Crippen molar-refractivity contribution < 1.29 is 14.3 Å². The number of ether oxygens (including phenoxy) is 1. The van der Waals surface area contributed by atoms with Gasteiger partial charge in [-0.2, -0.15) is 0 Å². The highest BCUT2D eigenvalue weighted by Crippen LogP contribution is 2.18. The van der Waals surface area contributed by atoms with Crippen molar-refractivity contribution in [1.29, 1.82) is 0 Å². The maximum Gasteiger partial charge on any atom is 0.279 e. The van der Waals surface area contributed by atoms with Crippen LogP contribution in [0.3, 0.4) is 0 Å². The second-order valence-electron chi connectivity index (χ2n) is 4.53. The third kappa shape index (κ3) is 4.60. The van der Waals surface area contributed by atoms with Gasteiger partial charge in [-0.15, -0.1) is 0 Å². The largest absolute Gasteiger partial charge is 0.481 e. The lowest BCUT2D eigenvalue weighted by Gasteiger charge is -2.15. The molecule has 5 nitrogen and oxygen atoms in total. The molecule has 0 fully saturated rings. The van der Waals surface area contributed by atoms with Gasteiger partial charge in [0, 0.05) is 10.0 Å². The predicted octanol–water partition coefficient (Wildman–Crippen LogP) is 2.68. The molecular formula is C16H15BrN2O3. The maximum atomic E-state index is 11.9. The number of hydrogen-bond acceptors (Lipinski definition) is 3. The maximum absolute atomic E-state index is 11.9. The minimum atomic E-state index is -0.745. The lowest BCUT2D eigenvalue weighted by atomic mass is 10.2. The van der Waals surface area contributed by atoms with E-state index >= 15 is 0 Å². The Morgan fingerprint density at radius 2 is 1.77 bits per heavy atom. The summed E-state index contributed by atoms with van der Waals surface area (Å²) in [6, 6.07) is 15.8. The van der Waals surface area contributed by atoms with Gasteiger partial charge in [0.15, 0.2) is 6.10 Å². The Balaban J connectivity index is 1.85. The zero-order chi connectivity index (χ0) is 15.9. The van der Waals surface area contributed by atoms with Gasteiger partial charge in [-0.3, -0.25) is 20.4 Å². The standard InChI is InChI=1S/C16H15BrN2O3/c1-11(22-14-9-5-8-13(17)10-14)15(20)18-19-16(21)12-6-3-2-4-7-12/h2-11H,1H3,(H,18,20)(H,19,21). The number of halogens is 1. The zero-order valence-corrected chi connectivity index (χ0v) is 13.5. The van der Waals surface area contributed by atoms with E-state index in [1.807, 2.05) is 12.1 Å². The van der Waals surface area contributed by atoms with Crippen LogP contribution in [-0.2, 0) is 4.79 Å². The molecule has 0 heterocycles. The molecule has 0 saturated heterocycles. The molecule has 0 aromatic heterocycles. The minimum absolute atomic E-state index is 0.386. The molecule has 0 radical (unpaired) electrons. The first-order valence-electron chi connectivity index (χ1n) is 6.64. The third-order valence-electron chi connectivity index (χ3n) is 2.81. The van der Waals surface area contributed by atoms with E-state index in [4.69, 9.17) is 4.74 Å². The molecule has 1 unspecified atom stereocenters. The fraction of sp³-hybridized carbons (Fsp3) is 0.125. The Morgan fingerprint density at radius 1 is 1.05 bits per heavy atom. The van der Waals surface area contributed by atoms with Gasteiger partial charge >= 0.3 is 0 Å². The highest BCUT2D eigenvalue weighted by atomic mass is 79.9. The van der Waals surface area contributed by atoms with Crippen LogP contribution < -0.4 is 15.6 Å². The molecule has 0 saturated carbocycles. The van der Waals surface area contributed by atoms with Gasteiger partial charge in [0.25, 0.3) is 11.8 Å². The van der Waals surface area contributed by atoms with Crippen LogP contribution in [-0.4, -0.2) is 17.9 Å². The number of hydrazine groups is 1. The monoisotopic (exact) mass is 362 g/mol. The number of rotatable bonds is 4. The minimum Gasteiger partial charge on any atom is -0.481 e. The molecule has 0 aliphatic heterocycles. The highest BCUT2D eigenvalue weighted by Gasteiger charge is 2.15. The summed E-state index contributed by atoms with van der Waals surface area (Å²) in [6.07, 6.45) is -0.745. The molecule has 0 aliphatic carbocycles. The van der Waals surface area contributed by atoms with E-state index in [1.165, 1.54) is 0 Å². The van der Waals surface area contributed by atoms with E-state index in [0.29, 0.717) is 11.3 Å². The van der Waals surface area contributed by atoms with E-state index < -0.39 is 12.0 Å². The fourth-order valence-corrected chi connectivity index (χ4v) is 2.06. The topological polar surface area (TPSA) is 67.4 Å². The van der Waals surface area contributed by atoms with Gasteiger partial charge in [-0.25, -0.2) is 0 Å². The zero-order valence-electron chi connectivity index (χ0n) is 11.9. The van der Waals surface area contributed by atoms with Crippen LogP contribution in [0.1, 0.15) is 17.3 Å². The van der Waals surface area contributed by atoms with Crippen LogP contribution in [0.4, 0.5) is 0 Å². The second-order valence-corrected chi connectivity index (χ2v) is 5.44. The van der Waals surface area contributed by atoms with Gasteiger partial charge in [-0.1, -0.05) is 40.2 Å². The summed E-state index contributed by atoms with van der Waals surface area (Å²) in [5, 5.41) is 0. The normalized spacial score (nSPS) is 11.4. The van der Waals surface area contributed by atoms with Gasteiger partial charge in [0.1, 0.15) is 5.75 Å². The van der Waals surface area contributed by atoms with Gasteiger partial charge in [0.2, 0.25) is 0 Å². The first-order chi connectivity index (χ1) is 10.6. The van der Waals surface area contributed by atoms with Crippen molar-refractivity contribution in [3.8, 4) is 5.75 Å². The van der Waals surface area contributed by atoms with E-state index in [0.717, 1.165) is 4.47 Å². The Hall–Kier alpha value is -2.34. The number of amides is 2. The molecule has 0 spiro atoms. The van der Waals surface area contributed by atoms with E-state index in [-0.39, 0.29) is 5.91 Å². The quantitative estimate of drug-likeness (QED) is 0.821. The smallest absolute Gasteiger partial charge is 0.279 e. The van der Waals surface area contributed by atoms with Crippen LogP contribution in [0.25, 0.3) is 0 Å². The van der Waals surface area contributed by atoms with E-state index in [1.54, 1.807) is 49.4 Å². The number of carbonyl (C=O) groups is 2. The summed E-state index contributed by atoms with van der Waals surface area (Å²) in [5.41, 5.74) is 5.15. The number of benzene rings is 2. The number of carbonyl (C=O) groups excluding carboxylic acids is 2. The number of hydrogen-bond donors (Lipinski definition) is 2. The van der Waals surface area contributed by atoms with Crippen LogP contribution >= 0.6 is 15.9 Å². The summed E-state index contributed by atoms with van der Waals surface area (Å²) < 4.78 is 6.36. The molecular weight excluding hydrogens is 348 g/mol. The SMILES string of the molecule is CC(Oc1cccc(Br)c1)C(=O)NNC(=O)c1ccccc1. The van der Waals surface area contributed by atoms with Crippen molar-refractivity contribution in [2.45, 2.75) is 13.0 Å². The molecule has 2 rings (SSSR count). The van der Waals surface area contributed by atoms with Gasteiger partial charge in [-0.05, 0) is 37.3 Å². The molecule has 2 amide bonds. The number of nitrogens with one attached hydrogen (secondary N) is 2. The first-order valence-corrected chi connectivity index (χ1v) is 7.43. The molecule has 2 N–H and O–H groups in total. The lowest BCUT2D eigenvalue weighted by molar-refractivity contribution is -0.128. The predicted molar refractivity (Wildman–Crippen MR) is 86.3 cm³/mol. The molecule has 114 valence electrons. The van der Waals surface area contributed by atoms with Crippen molar-refractivity contribution >= 4 is 27.7 Å². The van der Waals surface area contributed by atoms with Crippen molar-refractivity contribution in [3.05, 3.63) is 64.6 Å². The van der Waals surface area contributed by atoms with Crippen molar-refractivity contribution in [2.24, 2.45) is 0 Å². The van der Waals surface area contributed by atoms with Crippen LogP contribution in [0, 0.1) is 0 Å². The molecule has 2 aromatic rings. The fourth-order valence-electron chi connectivity index (χ4n) is 1.68. The average molecular weight is 363 g/mol. The molecule has 6 heteroatoms. The molecule has 0 bridgehead atoms. The summed E-state index contributed by atoms with van der Waals surface area (Å²) >= 11 is 3.33. The van der Waals surface area contributed by atoms with Gasteiger partial charge in [0.05, 0.1) is 0 Å². The Morgan fingerprint density at radius 3 is 2.45 bits per heavy atom. The van der Waals surface area contributed by atoms with E-state index in [9.17, 15) is 9.59 Å². The van der Waals surface area contributed by atoms with Crippen molar-refractivity contribution in [1.82, 2.24) is 10.9 Å². The lowest BCUT2D eigenvalue weighted by Crippen LogP contribution is -2.47. The highest BCUT2D eigenvalue weighted by molar-refractivity contribution is 9.10. The summed E-state index contributed by atoms with van der Waals surface area (Å²) in [7, 11) is 0. The summed E-state index contributed by atoms with van der Waals surface area (Å²) in [5.74, 6) is -0.265. The average Bonchev–Trinajstić information content (AvgIpc) is 2.53. The van der Waals surface area contributed by atoms with Crippen molar-refractivity contribution in [3.63, 3.8) is 0 Å². The van der Waals surface area contributed by atoms with E-state index in [2.05, 4.69) is 26.8 Å². The van der Waals surface area contributed by atoms with Gasteiger partial charge < -0.3 is 4.74 Å². The van der Waals surface area contributed by atoms with Crippen LogP contribution in [0.5, 0.6) is 5.75 Å².